The lowest BCUT2D eigenvalue weighted by Gasteiger charge is -2.19. The average molecular weight is 296 g/mol. The van der Waals surface area contributed by atoms with Crippen molar-refractivity contribution in [2.75, 3.05) is 0 Å². The highest BCUT2D eigenvalue weighted by atomic mass is 35.5. The zero-order valence-electron chi connectivity index (χ0n) is 12.0. The second-order valence-corrected chi connectivity index (χ2v) is 6.26. The molecule has 108 valence electrons. The lowest BCUT2D eigenvalue weighted by Crippen LogP contribution is -2.35. The zero-order chi connectivity index (χ0) is 14.8. The number of nitrogens with one attached hydrogen (secondary N) is 1. The number of hydrogen-bond acceptors (Lipinski definition) is 2. The highest BCUT2D eigenvalue weighted by molar-refractivity contribution is 6.30. The van der Waals surface area contributed by atoms with E-state index in [-0.39, 0.29) is 10.6 Å². The molecule has 0 unspecified atom stereocenters. The fraction of sp³-hybridized carbons (Fsp3) is 0.400. The van der Waals surface area contributed by atoms with E-state index in [9.17, 15) is 4.39 Å². The van der Waals surface area contributed by atoms with Crippen LogP contribution in [0.4, 0.5) is 4.39 Å². The summed E-state index contributed by atoms with van der Waals surface area (Å²) in [5.41, 5.74) is 1.86. The summed E-state index contributed by atoms with van der Waals surface area (Å²) >= 11 is 5.67. The average Bonchev–Trinajstić information content (AvgIpc) is 2.78. The molecule has 0 spiro atoms. The van der Waals surface area contributed by atoms with Crippen LogP contribution in [0.2, 0.25) is 5.02 Å². The van der Waals surface area contributed by atoms with Crippen LogP contribution >= 0.6 is 11.6 Å². The third-order valence-electron chi connectivity index (χ3n) is 2.82. The minimum atomic E-state index is -0.397. The van der Waals surface area contributed by atoms with Gasteiger partial charge in [0.25, 0.3) is 0 Å². The maximum Gasteiger partial charge on any atom is 0.142 e. The molecule has 2 rings (SSSR count). The van der Waals surface area contributed by atoms with E-state index in [0.29, 0.717) is 13.1 Å². The summed E-state index contributed by atoms with van der Waals surface area (Å²) < 4.78 is 15.2. The molecule has 1 heterocycles. The molecule has 1 N–H and O–H groups in total. The van der Waals surface area contributed by atoms with Crippen LogP contribution in [-0.2, 0) is 13.1 Å². The van der Waals surface area contributed by atoms with Gasteiger partial charge in [0.2, 0.25) is 0 Å². The first kappa shape index (κ1) is 15.0. The second-order valence-electron chi connectivity index (χ2n) is 5.86. The van der Waals surface area contributed by atoms with Gasteiger partial charge in [-0.15, -0.1) is 0 Å². The molecule has 0 aliphatic carbocycles. The van der Waals surface area contributed by atoms with Gasteiger partial charge in [-0.1, -0.05) is 17.7 Å². The largest absolute Gasteiger partial charge is 0.306 e. The van der Waals surface area contributed by atoms with Crippen molar-refractivity contribution in [3.63, 3.8) is 0 Å². The van der Waals surface area contributed by atoms with E-state index in [1.165, 1.54) is 6.07 Å². The molecule has 0 aliphatic heterocycles. The summed E-state index contributed by atoms with van der Waals surface area (Å²) in [6.45, 7) is 7.58. The molecule has 0 aliphatic rings. The lowest BCUT2D eigenvalue weighted by atomic mass is 10.1. The molecule has 3 nitrogen and oxygen atoms in total. The zero-order valence-corrected chi connectivity index (χ0v) is 12.7. The van der Waals surface area contributed by atoms with Crippen LogP contribution < -0.4 is 5.32 Å². The Bertz CT molecular complexity index is 587. The van der Waals surface area contributed by atoms with Gasteiger partial charge in [0, 0.05) is 18.3 Å². The Kier molecular flexibility index (Phi) is 4.45. The fourth-order valence-corrected chi connectivity index (χ4v) is 1.88. The SMILES string of the molecule is CC(C)(C)NCc1ccn(Cc2ccc(Cl)c(F)c2)n1. The molecule has 2 aromatic rings. The van der Waals surface area contributed by atoms with E-state index in [2.05, 4.69) is 31.2 Å². The Morgan fingerprint density at radius 2 is 2.05 bits per heavy atom. The topological polar surface area (TPSA) is 29.9 Å². The van der Waals surface area contributed by atoms with Crippen molar-refractivity contribution < 1.29 is 4.39 Å². The molecular formula is C15H19ClFN3. The molecule has 0 fully saturated rings. The van der Waals surface area contributed by atoms with Crippen LogP contribution in [0.25, 0.3) is 0 Å². The van der Waals surface area contributed by atoms with Crippen molar-refractivity contribution in [2.24, 2.45) is 0 Å². The number of halogens is 2. The smallest absolute Gasteiger partial charge is 0.142 e. The number of benzene rings is 1. The van der Waals surface area contributed by atoms with Crippen LogP contribution in [0.3, 0.4) is 0 Å². The Balaban J connectivity index is 2.00. The van der Waals surface area contributed by atoms with Crippen LogP contribution in [-0.4, -0.2) is 15.3 Å². The van der Waals surface area contributed by atoms with Gasteiger partial charge < -0.3 is 5.32 Å². The first-order valence-corrected chi connectivity index (χ1v) is 6.92. The predicted octanol–water partition coefficient (Wildman–Crippen LogP) is 3.61. The third-order valence-corrected chi connectivity index (χ3v) is 3.13. The molecule has 20 heavy (non-hydrogen) atoms. The molecule has 0 saturated heterocycles. The molecule has 0 radical (unpaired) electrons. The summed E-state index contributed by atoms with van der Waals surface area (Å²) in [7, 11) is 0. The van der Waals surface area contributed by atoms with Crippen molar-refractivity contribution in [3.05, 3.63) is 52.6 Å². The maximum atomic E-state index is 13.4. The number of hydrogen-bond donors (Lipinski definition) is 1. The van der Waals surface area contributed by atoms with E-state index in [1.54, 1.807) is 16.8 Å². The highest BCUT2D eigenvalue weighted by Gasteiger charge is 2.09. The normalized spacial score (nSPS) is 11.8. The number of nitrogens with zero attached hydrogens (tertiary/aromatic N) is 2. The summed E-state index contributed by atoms with van der Waals surface area (Å²) in [4.78, 5) is 0. The predicted molar refractivity (Wildman–Crippen MR) is 79.3 cm³/mol. The van der Waals surface area contributed by atoms with Crippen LogP contribution in [0, 0.1) is 5.82 Å². The molecule has 0 saturated carbocycles. The Morgan fingerprint density at radius 1 is 1.30 bits per heavy atom. The van der Waals surface area contributed by atoms with E-state index < -0.39 is 5.82 Å². The number of rotatable bonds is 4. The van der Waals surface area contributed by atoms with Gasteiger partial charge in [-0.05, 0) is 44.5 Å². The van der Waals surface area contributed by atoms with Crippen molar-refractivity contribution in [2.45, 2.75) is 39.4 Å². The summed E-state index contributed by atoms with van der Waals surface area (Å²) in [5, 5.41) is 7.98. The fourth-order valence-electron chi connectivity index (χ4n) is 1.77. The van der Waals surface area contributed by atoms with Crippen LogP contribution in [0.1, 0.15) is 32.0 Å². The van der Waals surface area contributed by atoms with Crippen molar-refractivity contribution in [1.82, 2.24) is 15.1 Å². The van der Waals surface area contributed by atoms with Crippen LogP contribution in [0.15, 0.2) is 30.5 Å². The van der Waals surface area contributed by atoms with E-state index in [0.717, 1.165) is 11.3 Å². The molecule has 0 bridgehead atoms. The maximum absolute atomic E-state index is 13.4. The Morgan fingerprint density at radius 3 is 2.70 bits per heavy atom. The molecular weight excluding hydrogens is 277 g/mol. The second kappa shape index (κ2) is 5.94. The third kappa shape index (κ3) is 4.32. The molecule has 1 aromatic carbocycles. The van der Waals surface area contributed by atoms with Crippen molar-refractivity contribution >= 4 is 11.6 Å². The summed E-state index contributed by atoms with van der Waals surface area (Å²) in [6.07, 6.45) is 1.90. The minimum absolute atomic E-state index is 0.0586. The lowest BCUT2D eigenvalue weighted by molar-refractivity contribution is 0.419. The monoisotopic (exact) mass is 295 g/mol. The standard InChI is InChI=1S/C15H19ClFN3/c1-15(2,3)18-9-12-6-7-20(19-12)10-11-4-5-13(16)14(17)8-11/h4-8,18H,9-10H2,1-3H3. The van der Waals surface area contributed by atoms with Gasteiger partial charge in [0.15, 0.2) is 0 Å². The first-order chi connectivity index (χ1) is 9.33. The van der Waals surface area contributed by atoms with Gasteiger partial charge in [0.1, 0.15) is 5.82 Å². The van der Waals surface area contributed by atoms with E-state index in [4.69, 9.17) is 11.6 Å². The van der Waals surface area contributed by atoms with Gasteiger partial charge in [-0.3, -0.25) is 4.68 Å². The quantitative estimate of drug-likeness (QED) is 0.934. The molecule has 0 amide bonds. The Hall–Kier alpha value is -1.39. The summed E-state index contributed by atoms with van der Waals surface area (Å²) in [5.74, 6) is -0.397. The van der Waals surface area contributed by atoms with E-state index in [1.807, 2.05) is 12.3 Å². The van der Waals surface area contributed by atoms with Gasteiger partial charge in [-0.2, -0.15) is 5.10 Å². The van der Waals surface area contributed by atoms with E-state index >= 15 is 0 Å². The van der Waals surface area contributed by atoms with Gasteiger partial charge >= 0.3 is 0 Å². The Labute approximate surface area is 123 Å². The van der Waals surface area contributed by atoms with Gasteiger partial charge in [0.05, 0.1) is 17.3 Å². The minimum Gasteiger partial charge on any atom is -0.306 e. The summed E-state index contributed by atoms with van der Waals surface area (Å²) in [6, 6.07) is 6.78. The van der Waals surface area contributed by atoms with Crippen molar-refractivity contribution in [1.29, 1.82) is 0 Å². The van der Waals surface area contributed by atoms with Crippen LogP contribution in [0.5, 0.6) is 0 Å². The highest BCUT2D eigenvalue weighted by Crippen LogP contribution is 2.16. The molecule has 1 aromatic heterocycles. The first-order valence-electron chi connectivity index (χ1n) is 6.55. The number of aromatic nitrogens is 2. The molecule has 5 heteroatoms. The molecule has 0 atom stereocenters. The van der Waals surface area contributed by atoms with Gasteiger partial charge in [-0.25, -0.2) is 4.39 Å². The van der Waals surface area contributed by atoms with Crippen molar-refractivity contribution in [3.8, 4) is 0 Å².